The highest BCUT2D eigenvalue weighted by Crippen LogP contribution is 2.14. The molecule has 0 radical (unpaired) electrons. The third kappa shape index (κ3) is 54.6. The van der Waals surface area contributed by atoms with Gasteiger partial charge in [0, 0.05) is 19.3 Å². The molecule has 1 unspecified atom stereocenters. The standard InChI is InChI=1S/C63H102O6/c1-4-7-10-13-16-19-22-25-27-29-31-33-35-38-41-44-47-50-53-56-62(65)68-59-60(58-67-61(64)55-52-49-46-43-40-37-24-21-18-15-12-9-6-3)69-63(66)57-54-51-48-45-42-39-36-34-32-30-28-26-23-20-17-14-11-8-5-2/h7,9-10,12,15-16,18-19,21,24-25,27,30-33,37,40,43,46,60H,4-6,8,11,13-14,17,20,22-23,26,28-29,34-36,38-39,41-42,44-45,47-59H2,1-3H3/b10-7+,12-9+,18-15+,19-16+,24-21+,27-25+,32-30+,33-31+,40-37+,46-43+. The van der Waals surface area contributed by atoms with Gasteiger partial charge in [-0.25, -0.2) is 0 Å². The summed E-state index contributed by atoms with van der Waals surface area (Å²) in [6, 6.07) is 0. The summed E-state index contributed by atoms with van der Waals surface area (Å²) < 4.78 is 16.8. The van der Waals surface area contributed by atoms with Gasteiger partial charge in [-0.05, 0) is 96.3 Å². The summed E-state index contributed by atoms with van der Waals surface area (Å²) in [5, 5.41) is 0. The highest BCUT2D eigenvalue weighted by atomic mass is 16.6. The number of carbonyl (C=O) groups is 3. The number of carbonyl (C=O) groups excluding carboxylic acids is 3. The Morgan fingerprint density at radius 1 is 0.319 bits per heavy atom. The molecule has 0 N–H and O–H groups in total. The zero-order valence-electron chi connectivity index (χ0n) is 44.5. The average Bonchev–Trinajstić information content (AvgIpc) is 3.35. The van der Waals surface area contributed by atoms with Crippen molar-refractivity contribution in [2.24, 2.45) is 0 Å². The van der Waals surface area contributed by atoms with E-state index in [1.54, 1.807) is 0 Å². The van der Waals surface area contributed by atoms with E-state index in [2.05, 4.69) is 87.6 Å². The van der Waals surface area contributed by atoms with E-state index < -0.39 is 6.10 Å². The van der Waals surface area contributed by atoms with Crippen LogP contribution in [-0.2, 0) is 28.6 Å². The summed E-state index contributed by atoms with van der Waals surface area (Å²) in [5.74, 6) is -1.01. The number of allylic oxidation sites excluding steroid dienone is 20. The maximum atomic E-state index is 12.9. The Bertz CT molecular complexity index is 1470. The van der Waals surface area contributed by atoms with Crippen molar-refractivity contribution >= 4 is 17.9 Å². The average molecular weight is 956 g/mol. The van der Waals surface area contributed by atoms with Crippen molar-refractivity contribution in [2.45, 2.75) is 245 Å². The molecule has 0 bridgehead atoms. The summed E-state index contributed by atoms with van der Waals surface area (Å²) in [5.41, 5.74) is 0. The van der Waals surface area contributed by atoms with Gasteiger partial charge in [-0.1, -0.05) is 245 Å². The smallest absolute Gasteiger partial charge is 0.306 e. The second-order valence-corrected chi connectivity index (χ2v) is 18.2. The highest BCUT2D eigenvalue weighted by Gasteiger charge is 2.19. The first-order valence-corrected chi connectivity index (χ1v) is 28.1. The molecule has 69 heavy (non-hydrogen) atoms. The van der Waals surface area contributed by atoms with E-state index in [0.29, 0.717) is 19.3 Å². The van der Waals surface area contributed by atoms with Crippen molar-refractivity contribution in [3.8, 4) is 0 Å². The molecule has 1 atom stereocenters. The van der Waals surface area contributed by atoms with Gasteiger partial charge < -0.3 is 14.2 Å². The highest BCUT2D eigenvalue weighted by molar-refractivity contribution is 5.71. The van der Waals surface area contributed by atoms with Crippen LogP contribution in [-0.4, -0.2) is 37.2 Å². The topological polar surface area (TPSA) is 78.9 Å². The molecule has 0 rings (SSSR count). The molecule has 0 aromatic heterocycles. The molecule has 0 fully saturated rings. The number of unbranched alkanes of at least 4 members (excludes halogenated alkanes) is 22. The van der Waals surface area contributed by atoms with Gasteiger partial charge in [-0.3, -0.25) is 14.4 Å². The van der Waals surface area contributed by atoms with E-state index in [0.717, 1.165) is 89.9 Å². The first kappa shape index (κ1) is 64.8. The van der Waals surface area contributed by atoms with Crippen LogP contribution in [0, 0.1) is 0 Å². The molecule has 0 aliphatic heterocycles. The van der Waals surface area contributed by atoms with Gasteiger partial charge in [0.15, 0.2) is 6.10 Å². The van der Waals surface area contributed by atoms with Crippen LogP contribution < -0.4 is 0 Å². The van der Waals surface area contributed by atoms with Gasteiger partial charge in [0.25, 0.3) is 0 Å². The van der Waals surface area contributed by atoms with Gasteiger partial charge >= 0.3 is 17.9 Å². The third-order valence-electron chi connectivity index (χ3n) is 11.6. The first-order valence-electron chi connectivity index (χ1n) is 28.1. The molecule has 6 nitrogen and oxygen atoms in total. The molecule has 0 saturated heterocycles. The van der Waals surface area contributed by atoms with Crippen LogP contribution in [0.1, 0.15) is 239 Å². The number of hydrogen-bond acceptors (Lipinski definition) is 6. The number of ether oxygens (including phenoxy) is 3. The maximum Gasteiger partial charge on any atom is 0.306 e. The predicted molar refractivity (Wildman–Crippen MR) is 297 cm³/mol. The fraction of sp³-hybridized carbons (Fsp3) is 0.635. The Labute approximate surface area is 424 Å². The lowest BCUT2D eigenvalue weighted by Crippen LogP contribution is -2.30. The SMILES string of the molecule is CC/C=C/C=C/C=C/C=C/C=C/CCCC(=O)OCC(COC(=O)CCCCCCCC/C=C/C/C=C/C/C=C/C/C=C/CC)OC(=O)CCCCCCCCC/C=C/CCCCCCCCCC. The Morgan fingerprint density at radius 3 is 1.12 bits per heavy atom. The van der Waals surface area contributed by atoms with Crippen molar-refractivity contribution in [1.29, 1.82) is 0 Å². The van der Waals surface area contributed by atoms with Gasteiger partial charge in [-0.2, -0.15) is 0 Å². The molecular formula is C63H102O6. The van der Waals surface area contributed by atoms with Gasteiger partial charge in [0.1, 0.15) is 13.2 Å². The minimum absolute atomic E-state index is 0.113. The molecule has 6 heteroatoms. The molecular weight excluding hydrogens is 853 g/mol. The number of hydrogen-bond donors (Lipinski definition) is 0. The predicted octanol–water partition coefficient (Wildman–Crippen LogP) is 18.9. The minimum atomic E-state index is -0.819. The number of rotatable bonds is 49. The quantitative estimate of drug-likeness (QED) is 0.0199. The minimum Gasteiger partial charge on any atom is -0.462 e. The van der Waals surface area contributed by atoms with E-state index in [4.69, 9.17) is 14.2 Å². The third-order valence-corrected chi connectivity index (χ3v) is 11.6. The lowest BCUT2D eigenvalue weighted by Gasteiger charge is -2.18. The van der Waals surface area contributed by atoms with Crippen molar-refractivity contribution in [3.63, 3.8) is 0 Å². The molecule has 390 valence electrons. The van der Waals surface area contributed by atoms with E-state index in [-0.39, 0.29) is 37.5 Å². The van der Waals surface area contributed by atoms with Gasteiger partial charge in [0.2, 0.25) is 0 Å². The molecule has 0 saturated carbocycles. The molecule has 0 spiro atoms. The molecule has 0 aromatic carbocycles. The van der Waals surface area contributed by atoms with Crippen LogP contribution in [0.3, 0.4) is 0 Å². The lowest BCUT2D eigenvalue weighted by atomic mass is 10.1. The fourth-order valence-corrected chi connectivity index (χ4v) is 7.40. The second-order valence-electron chi connectivity index (χ2n) is 18.2. The van der Waals surface area contributed by atoms with E-state index in [9.17, 15) is 14.4 Å². The second kappa shape index (κ2) is 56.4. The Hall–Kier alpha value is -4.19. The molecule has 0 aliphatic carbocycles. The number of esters is 3. The van der Waals surface area contributed by atoms with Crippen molar-refractivity contribution < 1.29 is 28.6 Å². The molecule has 0 amide bonds. The monoisotopic (exact) mass is 955 g/mol. The van der Waals surface area contributed by atoms with E-state index in [1.807, 2.05) is 54.7 Å². The molecule has 0 heterocycles. The van der Waals surface area contributed by atoms with Crippen LogP contribution in [0.4, 0.5) is 0 Å². The Morgan fingerprint density at radius 2 is 0.652 bits per heavy atom. The molecule has 0 aliphatic rings. The van der Waals surface area contributed by atoms with Crippen LogP contribution in [0.15, 0.2) is 122 Å². The van der Waals surface area contributed by atoms with Crippen LogP contribution >= 0.6 is 0 Å². The maximum absolute atomic E-state index is 12.9. The van der Waals surface area contributed by atoms with E-state index >= 15 is 0 Å². The lowest BCUT2D eigenvalue weighted by molar-refractivity contribution is -0.167. The van der Waals surface area contributed by atoms with Crippen molar-refractivity contribution in [2.75, 3.05) is 13.2 Å². The van der Waals surface area contributed by atoms with Crippen LogP contribution in [0.5, 0.6) is 0 Å². The first-order chi connectivity index (χ1) is 34.0. The van der Waals surface area contributed by atoms with Gasteiger partial charge in [0.05, 0.1) is 0 Å². The summed E-state index contributed by atoms with van der Waals surface area (Å²) in [7, 11) is 0. The summed E-state index contributed by atoms with van der Waals surface area (Å²) in [6.45, 7) is 6.30. The summed E-state index contributed by atoms with van der Waals surface area (Å²) in [6.07, 6.45) is 77.7. The zero-order chi connectivity index (χ0) is 50.0. The normalized spacial score (nSPS) is 13.0. The van der Waals surface area contributed by atoms with Crippen molar-refractivity contribution in [1.82, 2.24) is 0 Å². The van der Waals surface area contributed by atoms with E-state index in [1.165, 1.54) is 103 Å². The largest absolute Gasteiger partial charge is 0.462 e. The Kier molecular flexibility index (Phi) is 53.0. The Balaban J connectivity index is 4.48. The van der Waals surface area contributed by atoms with Crippen molar-refractivity contribution in [3.05, 3.63) is 122 Å². The fourth-order valence-electron chi connectivity index (χ4n) is 7.40. The van der Waals surface area contributed by atoms with Crippen LogP contribution in [0.25, 0.3) is 0 Å². The summed E-state index contributed by atoms with van der Waals surface area (Å²) in [4.78, 5) is 38.1. The molecule has 0 aromatic rings. The zero-order valence-corrected chi connectivity index (χ0v) is 44.5. The van der Waals surface area contributed by atoms with Gasteiger partial charge in [-0.15, -0.1) is 0 Å². The van der Waals surface area contributed by atoms with Crippen LogP contribution in [0.2, 0.25) is 0 Å². The summed E-state index contributed by atoms with van der Waals surface area (Å²) >= 11 is 0.